The second kappa shape index (κ2) is 6.17. The zero-order valence-corrected chi connectivity index (χ0v) is 12.0. The maximum Gasteiger partial charge on any atom is 0.262 e. The van der Waals surface area contributed by atoms with Crippen LogP contribution < -0.4 is 5.32 Å². The molecule has 4 nitrogen and oxygen atoms in total. The highest BCUT2D eigenvalue weighted by molar-refractivity contribution is 7.12. The minimum Gasteiger partial charge on any atom is -0.393 e. The molecule has 2 aromatic rings. The van der Waals surface area contributed by atoms with E-state index < -0.39 is 12.2 Å². The van der Waals surface area contributed by atoms with Crippen molar-refractivity contribution in [2.75, 3.05) is 13.2 Å². The van der Waals surface area contributed by atoms with Crippen LogP contribution in [0.3, 0.4) is 0 Å². The molecule has 0 spiro atoms. The Morgan fingerprint density at radius 2 is 2.00 bits per heavy atom. The van der Waals surface area contributed by atoms with Gasteiger partial charge in [0, 0.05) is 12.1 Å². The van der Waals surface area contributed by atoms with Gasteiger partial charge in [-0.3, -0.25) is 4.79 Å². The molecule has 1 unspecified atom stereocenters. The van der Waals surface area contributed by atoms with E-state index in [0.717, 1.165) is 11.1 Å². The highest BCUT2D eigenvalue weighted by Crippen LogP contribution is 2.28. The Kier molecular flexibility index (Phi) is 4.54. The van der Waals surface area contributed by atoms with Gasteiger partial charge in [0.25, 0.3) is 5.91 Å². The molecule has 20 heavy (non-hydrogen) atoms. The van der Waals surface area contributed by atoms with Crippen molar-refractivity contribution in [3.63, 3.8) is 0 Å². The van der Waals surface area contributed by atoms with Gasteiger partial charge in [0.15, 0.2) is 0 Å². The average molecular weight is 291 g/mol. The number of aliphatic hydroxyl groups is 2. The number of benzene rings is 1. The van der Waals surface area contributed by atoms with Crippen LogP contribution in [0.1, 0.15) is 16.6 Å². The summed E-state index contributed by atoms with van der Waals surface area (Å²) in [4.78, 5) is 12.8. The first-order valence-electron chi connectivity index (χ1n) is 6.28. The van der Waals surface area contributed by atoms with E-state index >= 15 is 0 Å². The van der Waals surface area contributed by atoms with Gasteiger partial charge in [-0.25, -0.2) is 0 Å². The van der Waals surface area contributed by atoms with Gasteiger partial charge in [-0.1, -0.05) is 30.3 Å². The van der Waals surface area contributed by atoms with E-state index in [1.807, 2.05) is 41.8 Å². The molecule has 106 valence electrons. The van der Waals surface area contributed by atoms with Crippen LogP contribution in [0.15, 0.2) is 41.8 Å². The molecule has 0 saturated carbocycles. The predicted octanol–water partition coefficient (Wildman–Crippen LogP) is 1.89. The van der Waals surface area contributed by atoms with Crippen molar-refractivity contribution in [3.8, 4) is 11.1 Å². The lowest BCUT2D eigenvalue weighted by Gasteiger charge is -2.20. The van der Waals surface area contributed by atoms with Crippen molar-refractivity contribution in [3.05, 3.63) is 46.7 Å². The lowest BCUT2D eigenvalue weighted by atomic mass is 10.1. The first-order chi connectivity index (χ1) is 9.53. The Morgan fingerprint density at radius 1 is 1.30 bits per heavy atom. The second-order valence-electron chi connectivity index (χ2n) is 4.87. The van der Waals surface area contributed by atoms with Gasteiger partial charge in [-0.05, 0) is 23.9 Å². The van der Waals surface area contributed by atoms with Crippen molar-refractivity contribution < 1.29 is 15.0 Å². The minimum absolute atomic E-state index is 0.00840. The summed E-state index contributed by atoms with van der Waals surface area (Å²) in [5, 5.41) is 23.2. The number of hydrogen-bond donors (Lipinski definition) is 3. The molecule has 0 aliphatic heterocycles. The van der Waals surface area contributed by atoms with Crippen molar-refractivity contribution in [2.45, 2.75) is 12.5 Å². The molecule has 1 amide bonds. The average Bonchev–Trinajstić information content (AvgIpc) is 2.95. The van der Waals surface area contributed by atoms with Gasteiger partial charge in [-0.15, -0.1) is 11.3 Å². The minimum atomic E-state index is -1.31. The molecule has 0 bridgehead atoms. The molecule has 0 aliphatic carbocycles. The van der Waals surface area contributed by atoms with Crippen LogP contribution in [-0.4, -0.2) is 34.9 Å². The Labute approximate surface area is 121 Å². The number of thiophene rings is 1. The molecule has 5 heteroatoms. The molecule has 0 fully saturated rings. The van der Waals surface area contributed by atoms with Crippen LogP contribution in [-0.2, 0) is 0 Å². The van der Waals surface area contributed by atoms with Crippen LogP contribution in [0.25, 0.3) is 11.1 Å². The van der Waals surface area contributed by atoms with Gasteiger partial charge in [0.1, 0.15) is 5.60 Å². The number of rotatable bonds is 5. The number of aliphatic hydroxyl groups excluding tert-OH is 1. The fraction of sp³-hybridized carbons (Fsp3) is 0.267. The van der Waals surface area contributed by atoms with Crippen molar-refractivity contribution in [2.24, 2.45) is 0 Å². The predicted molar refractivity (Wildman–Crippen MR) is 79.8 cm³/mol. The maximum atomic E-state index is 12.2. The van der Waals surface area contributed by atoms with Crippen LogP contribution >= 0.6 is 11.3 Å². The highest BCUT2D eigenvalue weighted by atomic mass is 32.1. The lowest BCUT2D eigenvalue weighted by Crippen LogP contribution is -2.43. The summed E-state index contributed by atoms with van der Waals surface area (Å²) in [7, 11) is 0. The zero-order valence-electron chi connectivity index (χ0n) is 11.2. The van der Waals surface area contributed by atoms with Gasteiger partial charge in [0.2, 0.25) is 0 Å². The monoisotopic (exact) mass is 291 g/mol. The third-order valence-electron chi connectivity index (χ3n) is 2.93. The van der Waals surface area contributed by atoms with Crippen LogP contribution in [0, 0.1) is 0 Å². The SMILES string of the molecule is CC(O)(CO)CNC(=O)c1sccc1-c1ccccc1. The summed E-state index contributed by atoms with van der Waals surface area (Å²) in [5.41, 5.74) is 0.546. The molecule has 0 saturated heterocycles. The summed E-state index contributed by atoms with van der Waals surface area (Å²) in [5.74, 6) is -0.243. The van der Waals surface area contributed by atoms with E-state index in [1.165, 1.54) is 18.3 Å². The third-order valence-corrected chi connectivity index (χ3v) is 3.84. The summed E-state index contributed by atoms with van der Waals surface area (Å²) in [6, 6.07) is 11.6. The van der Waals surface area contributed by atoms with Gasteiger partial charge in [0.05, 0.1) is 11.5 Å². The quantitative estimate of drug-likeness (QED) is 0.788. The number of carbonyl (C=O) groups is 1. The third kappa shape index (κ3) is 3.45. The molecule has 1 aromatic heterocycles. The van der Waals surface area contributed by atoms with E-state index in [1.54, 1.807) is 0 Å². The fourth-order valence-corrected chi connectivity index (χ4v) is 2.57. The summed E-state index contributed by atoms with van der Waals surface area (Å²) in [6.07, 6.45) is 0. The first-order valence-corrected chi connectivity index (χ1v) is 7.16. The smallest absolute Gasteiger partial charge is 0.262 e. The maximum absolute atomic E-state index is 12.2. The first kappa shape index (κ1) is 14.7. The Balaban J connectivity index is 2.14. The summed E-state index contributed by atoms with van der Waals surface area (Å²) >= 11 is 1.35. The van der Waals surface area contributed by atoms with Gasteiger partial charge >= 0.3 is 0 Å². The van der Waals surface area contributed by atoms with Crippen molar-refractivity contribution in [1.82, 2.24) is 5.32 Å². The fourth-order valence-electron chi connectivity index (χ4n) is 1.74. The van der Waals surface area contributed by atoms with Crippen molar-refractivity contribution in [1.29, 1.82) is 0 Å². The Morgan fingerprint density at radius 3 is 2.65 bits per heavy atom. The molecule has 0 aliphatic rings. The molecular formula is C15H17NO3S. The number of nitrogens with one attached hydrogen (secondary N) is 1. The van der Waals surface area contributed by atoms with Crippen LogP contribution in [0.4, 0.5) is 0 Å². The summed E-state index contributed by atoms with van der Waals surface area (Å²) < 4.78 is 0. The largest absolute Gasteiger partial charge is 0.393 e. The number of carbonyl (C=O) groups excluding carboxylic acids is 1. The van der Waals surface area contributed by atoms with Gasteiger partial charge < -0.3 is 15.5 Å². The standard InChI is InChI=1S/C15H17NO3S/c1-15(19,10-17)9-16-14(18)13-12(7-8-20-13)11-5-3-2-4-6-11/h2-8,17,19H,9-10H2,1H3,(H,16,18). The molecule has 2 rings (SSSR count). The van der Waals surface area contributed by atoms with Crippen LogP contribution in [0.5, 0.6) is 0 Å². The summed E-state index contributed by atoms with van der Waals surface area (Å²) in [6.45, 7) is 1.08. The normalized spacial score (nSPS) is 13.8. The van der Waals surface area contributed by atoms with E-state index in [-0.39, 0.29) is 12.5 Å². The molecular weight excluding hydrogens is 274 g/mol. The Hall–Kier alpha value is -1.69. The number of amides is 1. The van der Waals surface area contributed by atoms with E-state index in [2.05, 4.69) is 5.32 Å². The molecule has 3 N–H and O–H groups in total. The van der Waals surface area contributed by atoms with E-state index in [0.29, 0.717) is 4.88 Å². The molecule has 1 atom stereocenters. The topological polar surface area (TPSA) is 69.6 Å². The van der Waals surface area contributed by atoms with Crippen molar-refractivity contribution >= 4 is 17.2 Å². The van der Waals surface area contributed by atoms with Crippen LogP contribution in [0.2, 0.25) is 0 Å². The zero-order chi connectivity index (χ0) is 14.6. The lowest BCUT2D eigenvalue weighted by molar-refractivity contribution is 0.00324. The van der Waals surface area contributed by atoms with E-state index in [9.17, 15) is 9.90 Å². The van der Waals surface area contributed by atoms with E-state index in [4.69, 9.17) is 5.11 Å². The second-order valence-corrected chi connectivity index (χ2v) is 5.78. The molecule has 1 aromatic carbocycles. The molecule has 0 radical (unpaired) electrons. The Bertz CT molecular complexity index is 578. The highest BCUT2D eigenvalue weighted by Gasteiger charge is 2.21. The van der Waals surface area contributed by atoms with Gasteiger partial charge in [-0.2, -0.15) is 0 Å². The number of hydrogen-bond acceptors (Lipinski definition) is 4. The molecule has 1 heterocycles.